The molecule has 3 nitrogen and oxygen atoms in total. The van der Waals surface area contributed by atoms with Crippen molar-refractivity contribution in [3.8, 4) is 17.1 Å². The Morgan fingerprint density at radius 1 is 1.05 bits per heavy atom. The van der Waals surface area contributed by atoms with Crippen molar-refractivity contribution in [2.75, 3.05) is 0 Å². The van der Waals surface area contributed by atoms with Gasteiger partial charge in [0.2, 0.25) is 0 Å². The Kier molecular flexibility index (Phi) is 2.76. The summed E-state index contributed by atoms with van der Waals surface area (Å²) in [6.07, 6.45) is 0. The number of hydrogen-bond donors (Lipinski definition) is 1. The van der Waals surface area contributed by atoms with E-state index in [-0.39, 0.29) is 11.2 Å². The van der Waals surface area contributed by atoms with Crippen molar-refractivity contribution in [2.24, 2.45) is 0 Å². The van der Waals surface area contributed by atoms with E-state index in [0.29, 0.717) is 27.3 Å². The van der Waals surface area contributed by atoms with Crippen molar-refractivity contribution in [3.63, 3.8) is 0 Å². The number of rotatable bonds is 1. The highest BCUT2D eigenvalue weighted by molar-refractivity contribution is 6.33. The number of fused-ring (bicyclic) bond motifs is 1. The van der Waals surface area contributed by atoms with Gasteiger partial charge < -0.3 is 9.52 Å². The van der Waals surface area contributed by atoms with E-state index in [4.69, 9.17) is 16.0 Å². The first-order valence-electron chi connectivity index (χ1n) is 5.67. The van der Waals surface area contributed by atoms with Crippen molar-refractivity contribution in [2.45, 2.75) is 0 Å². The molecule has 0 bridgehead atoms. The Morgan fingerprint density at radius 3 is 2.63 bits per heavy atom. The fraction of sp³-hybridized carbons (Fsp3) is 0. The molecule has 1 N–H and O–H groups in total. The topological polar surface area (TPSA) is 50.4 Å². The Balaban J connectivity index is 2.31. The predicted molar refractivity (Wildman–Crippen MR) is 74.6 cm³/mol. The zero-order valence-corrected chi connectivity index (χ0v) is 10.5. The average molecular weight is 273 g/mol. The van der Waals surface area contributed by atoms with Crippen molar-refractivity contribution in [1.29, 1.82) is 0 Å². The molecule has 1 aromatic heterocycles. The molecule has 94 valence electrons. The molecule has 0 radical (unpaired) electrons. The van der Waals surface area contributed by atoms with Crippen LogP contribution in [0.3, 0.4) is 0 Å². The van der Waals surface area contributed by atoms with Crippen LogP contribution in [-0.2, 0) is 0 Å². The summed E-state index contributed by atoms with van der Waals surface area (Å²) in [5, 5.41) is 10.2. The van der Waals surface area contributed by atoms with Gasteiger partial charge in [-0.25, -0.2) is 0 Å². The summed E-state index contributed by atoms with van der Waals surface area (Å²) in [5.74, 6) is 0.444. The Labute approximate surface area is 113 Å². The number of phenols is 1. The Bertz CT molecular complexity index is 821. The quantitative estimate of drug-likeness (QED) is 0.733. The lowest BCUT2D eigenvalue weighted by Gasteiger charge is -2.05. The molecule has 1 heterocycles. The third kappa shape index (κ3) is 2.09. The van der Waals surface area contributed by atoms with E-state index in [1.54, 1.807) is 18.2 Å². The summed E-state index contributed by atoms with van der Waals surface area (Å²) in [4.78, 5) is 12.0. The van der Waals surface area contributed by atoms with Gasteiger partial charge in [0, 0.05) is 11.6 Å². The molecular formula is C15H9ClO3. The summed E-state index contributed by atoms with van der Waals surface area (Å²) in [5.41, 5.74) is 0.864. The molecule has 3 rings (SSSR count). The van der Waals surface area contributed by atoms with Gasteiger partial charge in [-0.15, -0.1) is 0 Å². The number of hydrogen-bond acceptors (Lipinski definition) is 3. The summed E-state index contributed by atoms with van der Waals surface area (Å²) in [7, 11) is 0. The van der Waals surface area contributed by atoms with E-state index < -0.39 is 0 Å². The van der Waals surface area contributed by atoms with Gasteiger partial charge in [0.25, 0.3) is 0 Å². The van der Waals surface area contributed by atoms with Crippen LogP contribution in [0.2, 0.25) is 5.02 Å². The van der Waals surface area contributed by atoms with Crippen LogP contribution in [-0.4, -0.2) is 5.11 Å². The van der Waals surface area contributed by atoms with Crippen LogP contribution < -0.4 is 5.43 Å². The Morgan fingerprint density at radius 2 is 1.84 bits per heavy atom. The van der Waals surface area contributed by atoms with E-state index in [2.05, 4.69) is 0 Å². The first-order chi connectivity index (χ1) is 9.15. The molecule has 0 aliphatic rings. The van der Waals surface area contributed by atoms with E-state index in [9.17, 15) is 9.90 Å². The highest BCUT2D eigenvalue weighted by Crippen LogP contribution is 2.29. The monoisotopic (exact) mass is 272 g/mol. The molecule has 0 saturated carbocycles. The van der Waals surface area contributed by atoms with Crippen molar-refractivity contribution >= 4 is 22.6 Å². The zero-order chi connectivity index (χ0) is 13.4. The molecular weight excluding hydrogens is 264 g/mol. The van der Waals surface area contributed by atoms with E-state index in [1.807, 2.05) is 12.1 Å². The third-order valence-corrected chi connectivity index (χ3v) is 3.18. The summed E-state index contributed by atoms with van der Waals surface area (Å²) in [6, 6.07) is 12.9. The van der Waals surface area contributed by atoms with Crippen LogP contribution in [0.25, 0.3) is 22.3 Å². The second-order valence-electron chi connectivity index (χ2n) is 4.14. The molecule has 3 aromatic rings. The van der Waals surface area contributed by atoms with Gasteiger partial charge >= 0.3 is 0 Å². The largest absolute Gasteiger partial charge is 0.508 e. The third-order valence-electron chi connectivity index (χ3n) is 2.85. The van der Waals surface area contributed by atoms with Gasteiger partial charge in [0.15, 0.2) is 5.43 Å². The molecule has 0 aliphatic heterocycles. The lowest BCUT2D eigenvalue weighted by molar-refractivity contribution is 0.475. The molecule has 0 atom stereocenters. The molecule has 0 fully saturated rings. The maximum absolute atomic E-state index is 12.0. The van der Waals surface area contributed by atoms with Crippen molar-refractivity contribution in [1.82, 2.24) is 0 Å². The highest BCUT2D eigenvalue weighted by atomic mass is 35.5. The minimum atomic E-state index is -0.216. The molecule has 0 spiro atoms. The number of aromatic hydroxyl groups is 1. The van der Waals surface area contributed by atoms with Crippen LogP contribution in [0.15, 0.2) is 57.7 Å². The van der Waals surface area contributed by atoms with Crippen molar-refractivity contribution in [3.05, 3.63) is 63.8 Å². The maximum Gasteiger partial charge on any atom is 0.193 e. The number of phenolic OH excluding ortho intramolecular Hbond substituents is 1. The van der Waals surface area contributed by atoms with Gasteiger partial charge in [-0.2, -0.15) is 0 Å². The van der Waals surface area contributed by atoms with Crippen LogP contribution in [0.5, 0.6) is 5.75 Å². The molecule has 0 unspecified atom stereocenters. The predicted octanol–water partition coefficient (Wildman–Crippen LogP) is 3.82. The minimum Gasteiger partial charge on any atom is -0.508 e. The molecule has 2 aromatic carbocycles. The van der Waals surface area contributed by atoms with Gasteiger partial charge in [0.05, 0.1) is 10.4 Å². The first-order valence-corrected chi connectivity index (χ1v) is 6.05. The SMILES string of the molecule is O=c1cc(-c2ccccc2Cl)oc2ccc(O)cc12. The second-order valence-corrected chi connectivity index (χ2v) is 4.54. The van der Waals surface area contributed by atoms with E-state index >= 15 is 0 Å². The molecule has 0 aliphatic carbocycles. The van der Waals surface area contributed by atoms with Crippen LogP contribution >= 0.6 is 11.6 Å². The normalized spacial score (nSPS) is 10.8. The summed E-state index contributed by atoms with van der Waals surface area (Å²) < 4.78 is 5.67. The minimum absolute atomic E-state index is 0.0327. The van der Waals surface area contributed by atoms with E-state index in [0.717, 1.165) is 0 Å². The van der Waals surface area contributed by atoms with E-state index in [1.165, 1.54) is 18.2 Å². The van der Waals surface area contributed by atoms with Gasteiger partial charge in [-0.1, -0.05) is 23.7 Å². The Hall–Kier alpha value is -2.26. The fourth-order valence-corrected chi connectivity index (χ4v) is 2.17. The summed E-state index contributed by atoms with van der Waals surface area (Å²) >= 11 is 6.09. The maximum atomic E-state index is 12.0. The van der Waals surface area contributed by atoms with Crippen LogP contribution in [0.1, 0.15) is 0 Å². The molecule has 4 heteroatoms. The summed E-state index contributed by atoms with van der Waals surface area (Å²) in [6.45, 7) is 0. The van der Waals surface area contributed by atoms with Crippen molar-refractivity contribution < 1.29 is 9.52 Å². The van der Waals surface area contributed by atoms with Gasteiger partial charge in [-0.3, -0.25) is 4.79 Å². The zero-order valence-electron chi connectivity index (χ0n) is 9.76. The first kappa shape index (κ1) is 11.8. The smallest absolute Gasteiger partial charge is 0.193 e. The van der Waals surface area contributed by atoms with Crippen LogP contribution in [0, 0.1) is 0 Å². The second kappa shape index (κ2) is 4.44. The average Bonchev–Trinajstić information content (AvgIpc) is 2.40. The van der Waals surface area contributed by atoms with Crippen LogP contribution in [0.4, 0.5) is 0 Å². The van der Waals surface area contributed by atoms with Gasteiger partial charge in [-0.05, 0) is 30.3 Å². The fourth-order valence-electron chi connectivity index (χ4n) is 1.94. The van der Waals surface area contributed by atoms with Gasteiger partial charge in [0.1, 0.15) is 17.1 Å². The standard InChI is InChI=1S/C15H9ClO3/c16-12-4-2-1-3-10(12)15-8-13(18)11-7-9(17)5-6-14(11)19-15/h1-8,17H. The lowest BCUT2D eigenvalue weighted by Crippen LogP contribution is -2.00. The highest BCUT2D eigenvalue weighted by Gasteiger charge is 2.09. The lowest BCUT2D eigenvalue weighted by atomic mass is 10.1. The number of benzene rings is 2. The molecule has 19 heavy (non-hydrogen) atoms. The number of halogens is 1. The molecule has 0 saturated heterocycles. The molecule has 0 amide bonds.